The molecule has 6 nitrogen and oxygen atoms in total. The largest absolute Gasteiger partial charge is 0.377 e. The Morgan fingerprint density at radius 3 is 2.46 bits per heavy atom. The van der Waals surface area contributed by atoms with Gasteiger partial charge in [0.2, 0.25) is 0 Å². The highest BCUT2D eigenvalue weighted by atomic mass is 16.5. The maximum Gasteiger partial charge on any atom is 0.261 e. The first-order chi connectivity index (χ1) is 12.5. The van der Waals surface area contributed by atoms with Crippen molar-refractivity contribution in [1.29, 1.82) is 0 Å². The van der Waals surface area contributed by atoms with Crippen molar-refractivity contribution in [2.75, 3.05) is 13.7 Å². The van der Waals surface area contributed by atoms with Crippen LogP contribution in [0.2, 0.25) is 0 Å². The number of hydrogen-bond acceptors (Lipinski definition) is 4. The number of rotatable bonds is 6. The van der Waals surface area contributed by atoms with Gasteiger partial charge in [-0.05, 0) is 36.2 Å². The summed E-state index contributed by atoms with van der Waals surface area (Å²) in [5.74, 6) is -1.03. The Morgan fingerprint density at radius 1 is 1.04 bits per heavy atom. The zero-order chi connectivity index (χ0) is 18.7. The minimum Gasteiger partial charge on any atom is -0.377 e. The number of amides is 3. The van der Waals surface area contributed by atoms with Gasteiger partial charge in [0.25, 0.3) is 17.7 Å². The van der Waals surface area contributed by atoms with Crippen LogP contribution in [0.1, 0.15) is 49.1 Å². The summed E-state index contributed by atoms with van der Waals surface area (Å²) in [5, 5.41) is 2.86. The molecule has 6 heteroatoms. The minimum absolute atomic E-state index is 0.266. The number of nitrogens with zero attached hydrogens (tertiary/aromatic N) is 1. The second kappa shape index (κ2) is 7.49. The van der Waals surface area contributed by atoms with Crippen LogP contribution in [0.15, 0.2) is 42.5 Å². The molecule has 0 bridgehead atoms. The first-order valence-electron chi connectivity index (χ1n) is 8.42. The zero-order valence-electron chi connectivity index (χ0n) is 14.7. The van der Waals surface area contributed by atoms with Gasteiger partial charge in [-0.15, -0.1) is 0 Å². The Labute approximate surface area is 151 Å². The van der Waals surface area contributed by atoms with E-state index in [9.17, 15) is 14.4 Å². The van der Waals surface area contributed by atoms with Crippen molar-refractivity contribution in [2.45, 2.75) is 20.1 Å². The van der Waals surface area contributed by atoms with Crippen LogP contribution in [0.5, 0.6) is 0 Å². The monoisotopic (exact) mass is 352 g/mol. The summed E-state index contributed by atoms with van der Waals surface area (Å²) < 4.78 is 5.45. The summed E-state index contributed by atoms with van der Waals surface area (Å²) in [5.41, 5.74) is 2.94. The Kier molecular flexibility index (Phi) is 5.14. The van der Waals surface area contributed by atoms with E-state index in [-0.39, 0.29) is 23.3 Å². The fourth-order valence-electron chi connectivity index (χ4n) is 2.86. The third kappa shape index (κ3) is 3.36. The van der Waals surface area contributed by atoms with Crippen LogP contribution >= 0.6 is 0 Å². The number of imide groups is 1. The maximum absolute atomic E-state index is 12.5. The standard InChI is InChI=1S/C20H20N2O4/c1-3-26-12-15-7-5-4-6-14(15)11-21-18(23)13-8-9-16-17(10-13)20(25)22(2)19(16)24/h4-10H,3,11-12H2,1-2H3,(H,21,23). The molecule has 26 heavy (non-hydrogen) atoms. The molecule has 3 rings (SSSR count). The Hall–Kier alpha value is -2.99. The molecule has 1 heterocycles. The summed E-state index contributed by atoms with van der Waals surface area (Å²) in [6.45, 7) is 3.40. The van der Waals surface area contributed by atoms with E-state index >= 15 is 0 Å². The molecule has 1 aliphatic heterocycles. The van der Waals surface area contributed by atoms with Crippen LogP contribution in [0, 0.1) is 0 Å². The first kappa shape index (κ1) is 17.8. The lowest BCUT2D eigenvalue weighted by Gasteiger charge is -2.11. The number of hydrogen-bond donors (Lipinski definition) is 1. The average Bonchev–Trinajstić information content (AvgIpc) is 2.89. The highest BCUT2D eigenvalue weighted by molar-refractivity contribution is 6.21. The fraction of sp³-hybridized carbons (Fsp3) is 0.250. The number of carbonyl (C=O) groups excluding carboxylic acids is 3. The van der Waals surface area contributed by atoms with E-state index in [2.05, 4.69) is 5.32 Å². The average molecular weight is 352 g/mol. The van der Waals surface area contributed by atoms with Crippen molar-refractivity contribution in [3.05, 3.63) is 70.3 Å². The molecule has 0 fully saturated rings. The number of fused-ring (bicyclic) bond motifs is 1. The van der Waals surface area contributed by atoms with E-state index in [1.165, 1.54) is 19.2 Å². The molecule has 2 aromatic carbocycles. The normalized spacial score (nSPS) is 13.1. The van der Waals surface area contributed by atoms with E-state index in [1.807, 2.05) is 31.2 Å². The molecular weight excluding hydrogens is 332 g/mol. The molecule has 0 radical (unpaired) electrons. The van der Waals surface area contributed by atoms with Gasteiger partial charge in [0.1, 0.15) is 0 Å². The van der Waals surface area contributed by atoms with Crippen LogP contribution in [0.4, 0.5) is 0 Å². The van der Waals surface area contributed by atoms with Crippen molar-refractivity contribution in [3.8, 4) is 0 Å². The smallest absolute Gasteiger partial charge is 0.261 e. The summed E-state index contributed by atoms with van der Waals surface area (Å²) in [7, 11) is 1.43. The van der Waals surface area contributed by atoms with E-state index < -0.39 is 0 Å². The van der Waals surface area contributed by atoms with Gasteiger partial charge in [-0.25, -0.2) is 0 Å². The highest BCUT2D eigenvalue weighted by Gasteiger charge is 2.33. The van der Waals surface area contributed by atoms with Gasteiger partial charge in [0, 0.05) is 25.8 Å². The molecular formula is C20H20N2O4. The Balaban J connectivity index is 1.73. The van der Waals surface area contributed by atoms with E-state index in [1.54, 1.807) is 6.07 Å². The molecule has 0 saturated carbocycles. The van der Waals surface area contributed by atoms with Gasteiger partial charge >= 0.3 is 0 Å². The zero-order valence-corrected chi connectivity index (χ0v) is 14.7. The molecule has 0 spiro atoms. The lowest BCUT2D eigenvalue weighted by Crippen LogP contribution is -2.24. The number of nitrogens with one attached hydrogen (secondary N) is 1. The first-order valence-corrected chi connectivity index (χ1v) is 8.42. The fourth-order valence-corrected chi connectivity index (χ4v) is 2.86. The number of benzene rings is 2. The third-order valence-electron chi connectivity index (χ3n) is 4.37. The van der Waals surface area contributed by atoms with Gasteiger partial charge in [0.15, 0.2) is 0 Å². The molecule has 1 aliphatic rings. The van der Waals surface area contributed by atoms with Crippen molar-refractivity contribution in [3.63, 3.8) is 0 Å². The lowest BCUT2D eigenvalue weighted by molar-refractivity contribution is 0.0693. The lowest BCUT2D eigenvalue weighted by atomic mass is 10.0. The van der Waals surface area contributed by atoms with E-state index in [0.717, 1.165) is 16.0 Å². The van der Waals surface area contributed by atoms with Gasteiger partial charge < -0.3 is 10.1 Å². The van der Waals surface area contributed by atoms with Crippen LogP contribution in [0.25, 0.3) is 0 Å². The predicted molar refractivity (Wildman–Crippen MR) is 95.8 cm³/mol. The molecule has 0 atom stereocenters. The van der Waals surface area contributed by atoms with Crippen molar-refractivity contribution in [1.82, 2.24) is 10.2 Å². The van der Waals surface area contributed by atoms with Crippen LogP contribution in [-0.2, 0) is 17.9 Å². The number of carbonyl (C=O) groups is 3. The van der Waals surface area contributed by atoms with E-state index in [0.29, 0.717) is 30.9 Å². The van der Waals surface area contributed by atoms with Crippen molar-refractivity contribution >= 4 is 17.7 Å². The van der Waals surface area contributed by atoms with Gasteiger partial charge in [-0.1, -0.05) is 24.3 Å². The summed E-state index contributed by atoms with van der Waals surface area (Å²) in [4.78, 5) is 37.5. The second-order valence-corrected chi connectivity index (χ2v) is 6.02. The van der Waals surface area contributed by atoms with E-state index in [4.69, 9.17) is 4.74 Å². The SMILES string of the molecule is CCOCc1ccccc1CNC(=O)c1ccc2c(c1)C(=O)N(C)C2=O. The number of ether oxygens (including phenoxy) is 1. The molecule has 0 unspecified atom stereocenters. The Morgan fingerprint density at radius 2 is 1.73 bits per heavy atom. The molecule has 0 aliphatic carbocycles. The Bertz CT molecular complexity index is 876. The minimum atomic E-state index is -0.387. The summed E-state index contributed by atoms with van der Waals surface area (Å²) in [6.07, 6.45) is 0. The van der Waals surface area contributed by atoms with Gasteiger partial charge in [-0.3, -0.25) is 19.3 Å². The van der Waals surface area contributed by atoms with Gasteiger partial charge in [-0.2, -0.15) is 0 Å². The maximum atomic E-state index is 12.5. The van der Waals surface area contributed by atoms with Gasteiger partial charge in [0.05, 0.1) is 17.7 Å². The molecule has 3 amide bonds. The van der Waals surface area contributed by atoms with Crippen LogP contribution in [-0.4, -0.2) is 36.3 Å². The topological polar surface area (TPSA) is 75.7 Å². The predicted octanol–water partition coefficient (Wildman–Crippen LogP) is 2.38. The molecule has 0 saturated heterocycles. The second-order valence-electron chi connectivity index (χ2n) is 6.02. The van der Waals surface area contributed by atoms with Crippen LogP contribution in [0.3, 0.4) is 0 Å². The molecule has 1 N–H and O–H groups in total. The van der Waals surface area contributed by atoms with Crippen molar-refractivity contribution in [2.24, 2.45) is 0 Å². The molecule has 0 aromatic heterocycles. The third-order valence-corrected chi connectivity index (χ3v) is 4.37. The quantitative estimate of drug-likeness (QED) is 0.810. The van der Waals surface area contributed by atoms with Crippen LogP contribution < -0.4 is 5.32 Å². The summed E-state index contributed by atoms with van der Waals surface area (Å²) >= 11 is 0. The molecule has 2 aromatic rings. The molecule has 134 valence electrons. The highest BCUT2D eigenvalue weighted by Crippen LogP contribution is 2.22. The van der Waals surface area contributed by atoms with Crippen molar-refractivity contribution < 1.29 is 19.1 Å². The summed E-state index contributed by atoms with van der Waals surface area (Å²) in [6, 6.07) is 12.3.